The highest BCUT2D eigenvalue weighted by Gasteiger charge is 2.30. The second kappa shape index (κ2) is 8.88. The molecule has 134 valence electrons. The molecule has 0 bridgehead atoms. The molecule has 2 fully saturated rings. The van der Waals surface area contributed by atoms with Crippen LogP contribution in [0.5, 0.6) is 0 Å². The lowest BCUT2D eigenvalue weighted by molar-refractivity contribution is 0.00992. The van der Waals surface area contributed by atoms with E-state index in [1.807, 2.05) is 25.7 Å². The van der Waals surface area contributed by atoms with E-state index in [0.29, 0.717) is 0 Å². The van der Waals surface area contributed by atoms with E-state index in [0.717, 1.165) is 39.0 Å². The number of rotatable bonds is 5. The Hall–Kier alpha value is -0.810. The predicted octanol–water partition coefficient (Wildman–Crippen LogP) is 2.85. The molecule has 0 aliphatic carbocycles. The van der Waals surface area contributed by atoms with Crippen LogP contribution in [0.4, 0.5) is 4.79 Å². The van der Waals surface area contributed by atoms with Crippen LogP contribution in [0.3, 0.4) is 0 Å². The zero-order valence-electron chi connectivity index (χ0n) is 15.3. The van der Waals surface area contributed by atoms with E-state index in [1.165, 1.54) is 38.8 Å². The summed E-state index contributed by atoms with van der Waals surface area (Å²) in [4.78, 5) is 16.8. The average Bonchev–Trinajstić information content (AvgIpc) is 2.51. The van der Waals surface area contributed by atoms with Crippen molar-refractivity contribution in [3.05, 3.63) is 0 Å². The fourth-order valence-corrected chi connectivity index (χ4v) is 3.46. The Bertz CT molecular complexity index is 362. The van der Waals surface area contributed by atoms with Gasteiger partial charge in [0.1, 0.15) is 5.60 Å². The quantitative estimate of drug-likeness (QED) is 0.790. The summed E-state index contributed by atoms with van der Waals surface area (Å²) in [6.45, 7) is 12.1. The number of carbonyl (C=O) groups excluding carboxylic acids is 1. The molecule has 0 spiro atoms. The molecule has 5 nitrogen and oxygen atoms in total. The highest BCUT2D eigenvalue weighted by Crippen LogP contribution is 2.20. The second-order valence-electron chi connectivity index (χ2n) is 7.93. The molecular formula is C18H35N3O2. The van der Waals surface area contributed by atoms with Gasteiger partial charge in [0.25, 0.3) is 0 Å². The number of piperidine rings is 2. The van der Waals surface area contributed by atoms with Crippen LogP contribution in [0.15, 0.2) is 0 Å². The van der Waals surface area contributed by atoms with Gasteiger partial charge in [0, 0.05) is 32.2 Å². The van der Waals surface area contributed by atoms with Crippen LogP contribution in [-0.4, -0.2) is 66.8 Å². The summed E-state index contributed by atoms with van der Waals surface area (Å²) in [6.07, 6.45) is 7.29. The lowest BCUT2D eigenvalue weighted by atomic mass is 10.0. The summed E-state index contributed by atoms with van der Waals surface area (Å²) >= 11 is 0. The molecule has 23 heavy (non-hydrogen) atoms. The molecule has 0 saturated carbocycles. The minimum Gasteiger partial charge on any atom is -0.444 e. The minimum absolute atomic E-state index is 0.153. The van der Waals surface area contributed by atoms with Crippen molar-refractivity contribution in [3.63, 3.8) is 0 Å². The van der Waals surface area contributed by atoms with Gasteiger partial charge in [-0.15, -0.1) is 0 Å². The number of nitrogens with zero attached hydrogens (tertiary/aromatic N) is 2. The van der Waals surface area contributed by atoms with E-state index in [2.05, 4.69) is 10.2 Å². The SMILES string of the molecule is CC(C)(C)OC(=O)N1CCCCC1CNCCN1CCCCC1. The lowest BCUT2D eigenvalue weighted by Gasteiger charge is -2.37. The molecule has 2 heterocycles. The van der Waals surface area contributed by atoms with Crippen molar-refractivity contribution in [2.24, 2.45) is 0 Å². The van der Waals surface area contributed by atoms with Crippen LogP contribution >= 0.6 is 0 Å². The third kappa shape index (κ3) is 6.68. The maximum atomic E-state index is 12.4. The number of carbonyl (C=O) groups is 1. The zero-order chi connectivity index (χ0) is 16.7. The molecule has 0 aromatic rings. The fraction of sp³-hybridized carbons (Fsp3) is 0.944. The third-order valence-electron chi connectivity index (χ3n) is 4.69. The molecule has 1 atom stereocenters. The lowest BCUT2D eigenvalue weighted by Crippen LogP contribution is -2.50. The van der Waals surface area contributed by atoms with Crippen molar-refractivity contribution in [2.75, 3.05) is 39.3 Å². The molecule has 2 saturated heterocycles. The van der Waals surface area contributed by atoms with E-state index < -0.39 is 5.60 Å². The largest absolute Gasteiger partial charge is 0.444 e. The monoisotopic (exact) mass is 325 g/mol. The number of amides is 1. The third-order valence-corrected chi connectivity index (χ3v) is 4.69. The maximum absolute atomic E-state index is 12.4. The number of likely N-dealkylation sites (tertiary alicyclic amines) is 2. The summed E-state index contributed by atoms with van der Waals surface area (Å²) in [5.41, 5.74) is -0.416. The Kier molecular flexibility index (Phi) is 7.15. The summed E-state index contributed by atoms with van der Waals surface area (Å²) in [5, 5.41) is 3.56. The number of hydrogen-bond donors (Lipinski definition) is 1. The molecule has 1 unspecified atom stereocenters. The average molecular weight is 325 g/mol. The van der Waals surface area contributed by atoms with E-state index in [9.17, 15) is 4.79 Å². The van der Waals surface area contributed by atoms with Gasteiger partial charge >= 0.3 is 6.09 Å². The Morgan fingerprint density at radius 1 is 1.09 bits per heavy atom. The summed E-state index contributed by atoms with van der Waals surface area (Å²) < 4.78 is 5.56. The Balaban J connectivity index is 1.71. The predicted molar refractivity (Wildman–Crippen MR) is 93.7 cm³/mol. The molecule has 5 heteroatoms. The Morgan fingerprint density at radius 3 is 2.48 bits per heavy atom. The van der Waals surface area contributed by atoms with E-state index in [4.69, 9.17) is 4.74 Å². The first kappa shape index (κ1) is 18.5. The normalized spacial score (nSPS) is 23.8. The van der Waals surface area contributed by atoms with Crippen LogP contribution in [0, 0.1) is 0 Å². The molecule has 1 amide bonds. The van der Waals surface area contributed by atoms with Gasteiger partial charge in [-0.05, 0) is 66.0 Å². The zero-order valence-corrected chi connectivity index (χ0v) is 15.3. The summed E-state index contributed by atoms with van der Waals surface area (Å²) in [5.74, 6) is 0. The van der Waals surface area contributed by atoms with Crippen LogP contribution in [0.1, 0.15) is 59.3 Å². The van der Waals surface area contributed by atoms with Crippen molar-refractivity contribution < 1.29 is 9.53 Å². The van der Waals surface area contributed by atoms with Gasteiger partial charge in [-0.3, -0.25) is 0 Å². The summed E-state index contributed by atoms with van der Waals surface area (Å²) in [7, 11) is 0. The topological polar surface area (TPSA) is 44.8 Å². The van der Waals surface area contributed by atoms with Gasteiger partial charge in [0.15, 0.2) is 0 Å². The highest BCUT2D eigenvalue weighted by atomic mass is 16.6. The molecule has 0 aromatic heterocycles. The van der Waals surface area contributed by atoms with Crippen molar-refractivity contribution in [1.82, 2.24) is 15.1 Å². The number of nitrogens with one attached hydrogen (secondary N) is 1. The van der Waals surface area contributed by atoms with Crippen molar-refractivity contribution >= 4 is 6.09 Å². The van der Waals surface area contributed by atoms with Gasteiger partial charge in [0.05, 0.1) is 0 Å². The van der Waals surface area contributed by atoms with Gasteiger partial charge < -0.3 is 19.9 Å². The molecular weight excluding hydrogens is 290 g/mol. The molecule has 2 aliphatic rings. The van der Waals surface area contributed by atoms with Crippen LogP contribution in [0.25, 0.3) is 0 Å². The number of ether oxygens (including phenoxy) is 1. The smallest absolute Gasteiger partial charge is 0.410 e. The van der Waals surface area contributed by atoms with Crippen LogP contribution in [-0.2, 0) is 4.74 Å². The van der Waals surface area contributed by atoms with Gasteiger partial charge in [-0.1, -0.05) is 6.42 Å². The van der Waals surface area contributed by atoms with Gasteiger partial charge in [0.2, 0.25) is 0 Å². The Labute approximate surface area is 141 Å². The highest BCUT2D eigenvalue weighted by molar-refractivity contribution is 5.68. The molecule has 2 rings (SSSR count). The Morgan fingerprint density at radius 2 is 1.78 bits per heavy atom. The van der Waals surface area contributed by atoms with Crippen LogP contribution < -0.4 is 5.32 Å². The summed E-state index contributed by atoms with van der Waals surface area (Å²) in [6, 6.07) is 0.278. The van der Waals surface area contributed by atoms with E-state index in [1.54, 1.807) is 0 Å². The molecule has 1 N–H and O–H groups in total. The van der Waals surface area contributed by atoms with Crippen molar-refractivity contribution in [1.29, 1.82) is 0 Å². The van der Waals surface area contributed by atoms with Crippen molar-refractivity contribution in [3.8, 4) is 0 Å². The molecule has 0 aromatic carbocycles. The van der Waals surface area contributed by atoms with Crippen molar-refractivity contribution in [2.45, 2.75) is 70.9 Å². The first-order valence-electron chi connectivity index (χ1n) is 9.38. The van der Waals surface area contributed by atoms with Crippen LogP contribution in [0.2, 0.25) is 0 Å². The minimum atomic E-state index is -0.416. The fourth-order valence-electron chi connectivity index (χ4n) is 3.46. The van der Waals surface area contributed by atoms with Gasteiger partial charge in [-0.2, -0.15) is 0 Å². The first-order chi connectivity index (χ1) is 11.0. The van der Waals surface area contributed by atoms with E-state index in [-0.39, 0.29) is 12.1 Å². The second-order valence-corrected chi connectivity index (χ2v) is 7.93. The number of hydrogen-bond acceptors (Lipinski definition) is 4. The van der Waals surface area contributed by atoms with Gasteiger partial charge in [-0.25, -0.2) is 4.79 Å². The molecule has 0 radical (unpaired) electrons. The molecule has 2 aliphatic heterocycles. The van der Waals surface area contributed by atoms with E-state index >= 15 is 0 Å². The first-order valence-corrected chi connectivity index (χ1v) is 9.38. The maximum Gasteiger partial charge on any atom is 0.410 e. The standard InChI is InChI=1S/C18H35N3O2/c1-18(2,3)23-17(22)21-13-8-5-9-16(21)15-19-10-14-20-11-6-4-7-12-20/h16,19H,4-15H2,1-3H3.